The van der Waals surface area contributed by atoms with Crippen LogP contribution in [0.4, 0.5) is 0 Å². The molecular weight excluding hydrogens is 240 g/mol. The summed E-state index contributed by atoms with van der Waals surface area (Å²) in [5.41, 5.74) is 7.58. The van der Waals surface area contributed by atoms with Crippen molar-refractivity contribution in [3.05, 3.63) is 76.7 Å². The average molecular weight is 260 g/mol. The van der Waals surface area contributed by atoms with Crippen molar-refractivity contribution in [3.63, 3.8) is 0 Å². The summed E-state index contributed by atoms with van der Waals surface area (Å²) in [6.07, 6.45) is 11.4. The van der Waals surface area contributed by atoms with Crippen LogP contribution >= 0.6 is 0 Å². The molecule has 0 saturated carbocycles. The quantitative estimate of drug-likeness (QED) is 0.695. The molecule has 1 atom stereocenters. The number of hydrogen-bond acceptors (Lipinski definition) is 0. The molecule has 0 bridgehead atoms. The van der Waals surface area contributed by atoms with E-state index in [1.165, 1.54) is 49.7 Å². The molecule has 0 nitrogen and oxygen atoms in total. The summed E-state index contributed by atoms with van der Waals surface area (Å²) in [5, 5.41) is 0. The van der Waals surface area contributed by atoms with E-state index in [4.69, 9.17) is 0 Å². The van der Waals surface area contributed by atoms with Gasteiger partial charge in [0.15, 0.2) is 0 Å². The third-order valence-corrected chi connectivity index (χ3v) is 4.86. The molecule has 0 aliphatic heterocycles. The van der Waals surface area contributed by atoms with Crippen LogP contribution in [0.1, 0.15) is 53.0 Å². The van der Waals surface area contributed by atoms with Crippen molar-refractivity contribution in [2.75, 3.05) is 0 Å². The van der Waals surface area contributed by atoms with Crippen molar-refractivity contribution in [1.29, 1.82) is 0 Å². The first-order chi connectivity index (χ1) is 9.92. The minimum atomic E-state index is 0.498. The molecule has 2 aliphatic carbocycles. The monoisotopic (exact) mass is 260 g/mol. The highest BCUT2D eigenvalue weighted by Crippen LogP contribution is 2.38. The Hall–Kier alpha value is -1.56. The maximum absolute atomic E-state index is 3.76. The van der Waals surface area contributed by atoms with Crippen LogP contribution in [0.25, 0.3) is 0 Å². The first-order valence-electron chi connectivity index (χ1n) is 7.87. The van der Waals surface area contributed by atoms with Crippen molar-refractivity contribution in [3.8, 4) is 0 Å². The van der Waals surface area contributed by atoms with E-state index >= 15 is 0 Å². The van der Waals surface area contributed by atoms with E-state index in [1.54, 1.807) is 16.7 Å². The molecule has 0 saturated heterocycles. The second kappa shape index (κ2) is 5.09. The fourth-order valence-electron chi connectivity index (χ4n) is 3.81. The normalized spacial score (nSPS) is 21.1. The van der Waals surface area contributed by atoms with Crippen LogP contribution in [-0.2, 0) is 19.3 Å². The Morgan fingerprint density at radius 1 is 0.800 bits per heavy atom. The Kier molecular flexibility index (Phi) is 3.10. The summed E-state index contributed by atoms with van der Waals surface area (Å²) in [7, 11) is 0. The van der Waals surface area contributed by atoms with Gasteiger partial charge < -0.3 is 0 Å². The maximum atomic E-state index is 3.76. The number of rotatable bonds is 1. The van der Waals surface area contributed by atoms with E-state index in [0.29, 0.717) is 5.92 Å². The highest BCUT2D eigenvalue weighted by Gasteiger charge is 2.24. The van der Waals surface area contributed by atoms with Gasteiger partial charge in [-0.3, -0.25) is 0 Å². The summed E-state index contributed by atoms with van der Waals surface area (Å²) >= 11 is 0. The molecule has 2 aromatic rings. The predicted molar refractivity (Wildman–Crippen MR) is 82.9 cm³/mol. The number of aryl methyl sites for hydroxylation is 2. The first kappa shape index (κ1) is 12.2. The lowest BCUT2D eigenvalue weighted by atomic mass is 9.76. The van der Waals surface area contributed by atoms with Gasteiger partial charge in [-0.1, -0.05) is 42.5 Å². The Labute approximate surface area is 121 Å². The van der Waals surface area contributed by atoms with E-state index in [-0.39, 0.29) is 0 Å². The summed E-state index contributed by atoms with van der Waals surface area (Å²) in [6, 6.07) is 15.7. The van der Waals surface area contributed by atoms with Crippen LogP contribution in [0.15, 0.2) is 42.5 Å². The zero-order valence-electron chi connectivity index (χ0n) is 11.9. The molecule has 0 N–H and O–H groups in total. The summed E-state index contributed by atoms with van der Waals surface area (Å²) in [5.74, 6) is 0.498. The third-order valence-electron chi connectivity index (χ3n) is 4.86. The molecule has 0 amide bonds. The van der Waals surface area contributed by atoms with E-state index in [1.807, 2.05) is 0 Å². The number of hydrogen-bond donors (Lipinski definition) is 0. The molecule has 2 aromatic carbocycles. The molecule has 4 rings (SSSR count). The molecule has 0 fully saturated rings. The van der Waals surface area contributed by atoms with Crippen molar-refractivity contribution in [2.24, 2.45) is 0 Å². The Morgan fingerprint density at radius 3 is 2.65 bits per heavy atom. The lowest BCUT2D eigenvalue weighted by molar-refractivity contribution is 0.636. The highest BCUT2D eigenvalue weighted by atomic mass is 14.3. The third kappa shape index (κ3) is 2.08. The second-order valence-electron chi connectivity index (χ2n) is 6.08. The van der Waals surface area contributed by atoms with Gasteiger partial charge in [-0.25, -0.2) is 0 Å². The van der Waals surface area contributed by atoms with Gasteiger partial charge in [0.05, 0.1) is 0 Å². The first-order valence-corrected chi connectivity index (χ1v) is 7.87. The minimum Gasteiger partial charge on any atom is -0.0620 e. The molecule has 2 aliphatic rings. The largest absolute Gasteiger partial charge is 0.0620 e. The predicted octanol–water partition coefficient (Wildman–Crippen LogP) is 4.72. The molecule has 1 unspecified atom stereocenters. The van der Waals surface area contributed by atoms with E-state index < -0.39 is 0 Å². The van der Waals surface area contributed by atoms with Crippen molar-refractivity contribution >= 4 is 0 Å². The zero-order valence-corrected chi connectivity index (χ0v) is 11.9. The molecule has 0 heterocycles. The van der Waals surface area contributed by atoms with Gasteiger partial charge in [-0.05, 0) is 72.3 Å². The Bertz CT molecular complexity index is 624. The van der Waals surface area contributed by atoms with Crippen molar-refractivity contribution in [1.82, 2.24) is 0 Å². The number of fused-ring (bicyclic) bond motifs is 2. The van der Waals surface area contributed by atoms with E-state index in [2.05, 4.69) is 48.9 Å². The summed E-state index contributed by atoms with van der Waals surface area (Å²) in [4.78, 5) is 0. The molecular formula is C20H20. The minimum absolute atomic E-state index is 0.498. The fourth-order valence-corrected chi connectivity index (χ4v) is 3.81. The van der Waals surface area contributed by atoms with Gasteiger partial charge in [0, 0.05) is 6.42 Å². The summed E-state index contributed by atoms with van der Waals surface area (Å²) in [6.45, 7) is 0. The van der Waals surface area contributed by atoms with Crippen molar-refractivity contribution < 1.29 is 0 Å². The maximum Gasteiger partial charge on any atom is 0.0248 e. The van der Waals surface area contributed by atoms with Gasteiger partial charge in [-0.15, -0.1) is 0 Å². The Balaban J connectivity index is 1.70. The van der Waals surface area contributed by atoms with Crippen LogP contribution in [0.2, 0.25) is 0 Å². The highest BCUT2D eigenvalue weighted by molar-refractivity contribution is 5.46. The van der Waals surface area contributed by atoms with Gasteiger partial charge in [0.25, 0.3) is 0 Å². The van der Waals surface area contributed by atoms with Crippen LogP contribution in [0.3, 0.4) is 0 Å². The van der Waals surface area contributed by atoms with E-state index in [9.17, 15) is 0 Å². The van der Waals surface area contributed by atoms with Gasteiger partial charge in [0.2, 0.25) is 0 Å². The molecule has 0 heteroatoms. The molecule has 20 heavy (non-hydrogen) atoms. The molecule has 0 aromatic heterocycles. The standard InChI is InChI=1S/C20H20/c1-2-8-17-14-18(13-12-15(17)6-1)20-11-5-9-16-7-3-4-10-19(16)20/h1-2,5-6,8-9,11,18H,3-4,7,10,12-13H2. The average Bonchev–Trinajstić information content (AvgIpc) is 2.54. The topological polar surface area (TPSA) is 0 Å². The van der Waals surface area contributed by atoms with Crippen LogP contribution in [-0.4, -0.2) is 0 Å². The zero-order chi connectivity index (χ0) is 13.4. The van der Waals surface area contributed by atoms with E-state index in [0.717, 1.165) is 0 Å². The smallest absolute Gasteiger partial charge is 0.0248 e. The second-order valence-corrected chi connectivity index (χ2v) is 6.08. The molecule has 2 radical (unpaired) electrons. The Morgan fingerprint density at radius 2 is 1.65 bits per heavy atom. The lowest BCUT2D eigenvalue weighted by Gasteiger charge is -2.28. The fraction of sp³-hybridized carbons (Fsp3) is 0.350. The number of benzene rings is 2. The van der Waals surface area contributed by atoms with Crippen LogP contribution in [0, 0.1) is 6.42 Å². The summed E-state index contributed by atoms with van der Waals surface area (Å²) < 4.78 is 0. The van der Waals surface area contributed by atoms with Gasteiger partial charge >= 0.3 is 0 Å². The van der Waals surface area contributed by atoms with Crippen LogP contribution in [0.5, 0.6) is 0 Å². The SMILES string of the molecule is [C]1c2ccccc2CCC1c1cccc2c1CCCC2. The van der Waals surface area contributed by atoms with Crippen molar-refractivity contribution in [2.45, 2.75) is 44.4 Å². The van der Waals surface area contributed by atoms with Crippen LogP contribution < -0.4 is 0 Å². The molecule has 0 spiro atoms. The lowest BCUT2D eigenvalue weighted by Crippen LogP contribution is -2.15. The van der Waals surface area contributed by atoms with Gasteiger partial charge in [-0.2, -0.15) is 0 Å². The van der Waals surface area contributed by atoms with Gasteiger partial charge in [0.1, 0.15) is 0 Å². The molecule has 100 valence electrons.